The normalized spacial score (nSPS) is 14.4. The van der Waals surface area contributed by atoms with Crippen LogP contribution >= 0.6 is 11.8 Å². The predicted octanol–water partition coefficient (Wildman–Crippen LogP) is 6.09. The van der Waals surface area contributed by atoms with E-state index in [1.165, 1.54) is 17.3 Å². The topological polar surface area (TPSA) is 49.4 Å². The molecule has 0 aromatic heterocycles. The molecule has 4 nitrogen and oxygen atoms in total. The van der Waals surface area contributed by atoms with Gasteiger partial charge in [0.15, 0.2) is 0 Å². The minimum atomic E-state index is -0.571. The Labute approximate surface area is 219 Å². The lowest BCUT2D eigenvalue weighted by Gasteiger charge is -2.32. The van der Waals surface area contributed by atoms with Crippen LogP contribution in [0.2, 0.25) is 0 Å². The lowest BCUT2D eigenvalue weighted by atomic mass is 10.0. The second-order valence-corrected chi connectivity index (χ2v) is 10.8. The third-order valence-corrected chi connectivity index (χ3v) is 7.95. The van der Waals surface area contributed by atoms with Gasteiger partial charge >= 0.3 is 0 Å². The van der Waals surface area contributed by atoms with E-state index in [0.29, 0.717) is 13.0 Å². The van der Waals surface area contributed by atoms with E-state index >= 15 is 0 Å². The van der Waals surface area contributed by atoms with Gasteiger partial charge in [-0.3, -0.25) is 9.59 Å². The summed E-state index contributed by atoms with van der Waals surface area (Å²) < 4.78 is 0. The van der Waals surface area contributed by atoms with Crippen LogP contribution in [0.15, 0.2) is 83.8 Å². The van der Waals surface area contributed by atoms with Crippen molar-refractivity contribution in [2.24, 2.45) is 0 Å². The molecule has 188 valence electrons. The zero-order chi connectivity index (χ0) is 25.3. The van der Waals surface area contributed by atoms with Crippen molar-refractivity contribution in [3.63, 3.8) is 0 Å². The van der Waals surface area contributed by atoms with Crippen LogP contribution in [0.1, 0.15) is 47.9 Å². The standard InChI is InChI=1S/C31H36N2O2S/c1-23-16-18-28(19-17-23)36-22-30(34)33(21-26-13-7-6-10-24(26)2)29(20-25-11-4-3-5-12-25)31(35)32-27-14-8-9-15-27/h3-7,10-13,16-19,27,29H,8-9,14-15,20-22H2,1-2H3,(H,32,35)/t29-/m0/s1. The molecule has 0 spiro atoms. The van der Waals surface area contributed by atoms with Crippen LogP contribution in [0.3, 0.4) is 0 Å². The predicted molar refractivity (Wildman–Crippen MR) is 148 cm³/mol. The molecule has 1 saturated carbocycles. The molecular formula is C31H36N2O2S. The smallest absolute Gasteiger partial charge is 0.243 e. The van der Waals surface area contributed by atoms with Crippen molar-refractivity contribution in [1.29, 1.82) is 0 Å². The Balaban J connectivity index is 1.61. The van der Waals surface area contributed by atoms with E-state index in [-0.39, 0.29) is 23.6 Å². The number of aryl methyl sites for hydroxylation is 2. The van der Waals surface area contributed by atoms with E-state index < -0.39 is 6.04 Å². The Bertz CT molecular complexity index is 1140. The first-order valence-corrected chi connectivity index (χ1v) is 13.9. The van der Waals surface area contributed by atoms with Gasteiger partial charge in [-0.05, 0) is 55.5 Å². The summed E-state index contributed by atoms with van der Waals surface area (Å²) in [6, 6.07) is 26.0. The summed E-state index contributed by atoms with van der Waals surface area (Å²) in [4.78, 5) is 30.4. The van der Waals surface area contributed by atoms with Crippen LogP contribution in [0.5, 0.6) is 0 Å². The number of thioether (sulfide) groups is 1. The van der Waals surface area contributed by atoms with E-state index in [0.717, 1.165) is 47.3 Å². The van der Waals surface area contributed by atoms with Gasteiger partial charge in [-0.1, -0.05) is 85.1 Å². The Kier molecular flexibility index (Phi) is 9.23. The summed E-state index contributed by atoms with van der Waals surface area (Å²) in [6.07, 6.45) is 4.81. The van der Waals surface area contributed by atoms with E-state index in [2.05, 4.69) is 43.4 Å². The highest BCUT2D eigenvalue weighted by Crippen LogP contribution is 2.23. The van der Waals surface area contributed by atoms with Crippen molar-refractivity contribution in [2.75, 3.05) is 5.75 Å². The first-order valence-electron chi connectivity index (χ1n) is 12.9. The number of carbonyl (C=O) groups is 2. The first-order chi connectivity index (χ1) is 17.5. The lowest BCUT2D eigenvalue weighted by molar-refractivity contribution is -0.139. The van der Waals surface area contributed by atoms with Crippen molar-refractivity contribution in [2.45, 2.75) is 69.5 Å². The average Bonchev–Trinajstić information content (AvgIpc) is 3.40. The Morgan fingerprint density at radius 3 is 2.28 bits per heavy atom. The quantitative estimate of drug-likeness (QED) is 0.343. The number of nitrogens with one attached hydrogen (secondary N) is 1. The summed E-state index contributed by atoms with van der Waals surface area (Å²) in [7, 11) is 0. The van der Waals surface area contributed by atoms with Crippen LogP contribution < -0.4 is 5.32 Å². The number of carbonyl (C=O) groups excluding carboxylic acids is 2. The van der Waals surface area contributed by atoms with Crippen LogP contribution in [0.4, 0.5) is 0 Å². The molecule has 0 aliphatic heterocycles. The number of rotatable bonds is 10. The van der Waals surface area contributed by atoms with Crippen molar-refractivity contribution in [3.8, 4) is 0 Å². The molecule has 1 aliphatic rings. The van der Waals surface area contributed by atoms with Gasteiger partial charge in [-0.15, -0.1) is 11.8 Å². The highest BCUT2D eigenvalue weighted by Gasteiger charge is 2.32. The van der Waals surface area contributed by atoms with Crippen LogP contribution in [0, 0.1) is 13.8 Å². The van der Waals surface area contributed by atoms with Crippen molar-refractivity contribution in [1.82, 2.24) is 10.2 Å². The molecule has 1 atom stereocenters. The number of nitrogens with zero attached hydrogens (tertiary/aromatic N) is 1. The number of amides is 2. The number of hydrogen-bond acceptors (Lipinski definition) is 3. The fourth-order valence-electron chi connectivity index (χ4n) is 4.75. The molecule has 1 aliphatic carbocycles. The Hall–Kier alpha value is -3.05. The molecule has 2 amide bonds. The maximum atomic E-state index is 13.8. The third kappa shape index (κ3) is 7.23. The fourth-order valence-corrected chi connectivity index (χ4v) is 5.54. The highest BCUT2D eigenvalue weighted by molar-refractivity contribution is 8.00. The van der Waals surface area contributed by atoms with Crippen LogP contribution in [0.25, 0.3) is 0 Å². The second-order valence-electron chi connectivity index (χ2n) is 9.75. The Morgan fingerprint density at radius 1 is 0.917 bits per heavy atom. The molecule has 0 saturated heterocycles. The van der Waals surface area contributed by atoms with E-state index in [4.69, 9.17) is 0 Å². The average molecular weight is 501 g/mol. The second kappa shape index (κ2) is 12.8. The lowest BCUT2D eigenvalue weighted by Crippen LogP contribution is -2.52. The minimum Gasteiger partial charge on any atom is -0.352 e. The molecule has 3 aromatic carbocycles. The summed E-state index contributed by atoms with van der Waals surface area (Å²) in [5.74, 6) is 0.219. The van der Waals surface area contributed by atoms with Gasteiger partial charge in [0.1, 0.15) is 6.04 Å². The highest BCUT2D eigenvalue weighted by atomic mass is 32.2. The SMILES string of the molecule is Cc1ccc(SCC(=O)N(Cc2ccccc2C)[C@@H](Cc2ccccc2)C(=O)NC2CCCC2)cc1. The van der Waals surface area contributed by atoms with E-state index in [9.17, 15) is 9.59 Å². The maximum absolute atomic E-state index is 13.8. The molecular weight excluding hydrogens is 464 g/mol. The van der Waals surface area contributed by atoms with Gasteiger partial charge in [0.05, 0.1) is 5.75 Å². The van der Waals surface area contributed by atoms with E-state index in [1.807, 2.05) is 54.6 Å². The monoisotopic (exact) mass is 500 g/mol. The number of benzene rings is 3. The van der Waals surface area contributed by atoms with Crippen LogP contribution in [-0.2, 0) is 22.6 Å². The third-order valence-electron chi connectivity index (χ3n) is 6.96. The summed E-state index contributed by atoms with van der Waals surface area (Å²) in [6.45, 7) is 4.53. The first kappa shape index (κ1) is 26.0. The zero-order valence-electron chi connectivity index (χ0n) is 21.3. The molecule has 1 N–H and O–H groups in total. The van der Waals surface area contributed by atoms with Gasteiger partial charge in [0, 0.05) is 23.9 Å². The maximum Gasteiger partial charge on any atom is 0.243 e. The zero-order valence-corrected chi connectivity index (χ0v) is 22.1. The van der Waals surface area contributed by atoms with E-state index in [1.54, 1.807) is 4.90 Å². The summed E-state index contributed by atoms with van der Waals surface area (Å²) in [5, 5.41) is 3.28. The molecule has 0 unspecified atom stereocenters. The Morgan fingerprint density at radius 2 is 1.58 bits per heavy atom. The summed E-state index contributed by atoms with van der Waals surface area (Å²) in [5.41, 5.74) is 4.44. The molecule has 5 heteroatoms. The van der Waals surface area contributed by atoms with Crippen molar-refractivity contribution < 1.29 is 9.59 Å². The number of hydrogen-bond donors (Lipinski definition) is 1. The van der Waals surface area contributed by atoms with Gasteiger partial charge in [0.25, 0.3) is 0 Å². The van der Waals surface area contributed by atoms with Gasteiger partial charge in [-0.25, -0.2) is 0 Å². The van der Waals surface area contributed by atoms with Crippen LogP contribution in [-0.4, -0.2) is 34.6 Å². The van der Waals surface area contributed by atoms with Gasteiger partial charge in [-0.2, -0.15) is 0 Å². The summed E-state index contributed by atoms with van der Waals surface area (Å²) >= 11 is 1.53. The molecule has 36 heavy (non-hydrogen) atoms. The van der Waals surface area contributed by atoms with Gasteiger partial charge in [0.2, 0.25) is 11.8 Å². The molecule has 3 aromatic rings. The largest absolute Gasteiger partial charge is 0.352 e. The van der Waals surface area contributed by atoms with Gasteiger partial charge < -0.3 is 10.2 Å². The molecule has 0 bridgehead atoms. The fraction of sp³-hybridized carbons (Fsp3) is 0.355. The molecule has 0 heterocycles. The molecule has 0 radical (unpaired) electrons. The minimum absolute atomic E-state index is 0.0219. The van der Waals surface area contributed by atoms with Crippen molar-refractivity contribution >= 4 is 23.6 Å². The van der Waals surface area contributed by atoms with Crippen molar-refractivity contribution in [3.05, 3.63) is 101 Å². The molecule has 4 rings (SSSR count). The molecule has 1 fully saturated rings.